The predicted molar refractivity (Wildman–Crippen MR) is 81.1 cm³/mol. The van der Waals surface area contributed by atoms with E-state index < -0.39 is 0 Å². The van der Waals surface area contributed by atoms with Crippen LogP contribution in [-0.4, -0.2) is 31.8 Å². The third-order valence-corrected chi connectivity index (χ3v) is 3.60. The summed E-state index contributed by atoms with van der Waals surface area (Å²) in [6.45, 7) is 10.7. The Morgan fingerprint density at radius 3 is 2.58 bits per heavy atom. The fraction of sp³-hybridized carbons (Fsp3) is 0.600. The molecule has 1 aromatic carbocycles. The number of hydrogen-bond acceptors (Lipinski definition) is 3. The van der Waals surface area contributed by atoms with Crippen LogP contribution in [0.3, 0.4) is 0 Å². The Morgan fingerprint density at radius 2 is 1.95 bits per heavy atom. The van der Waals surface area contributed by atoms with Crippen molar-refractivity contribution < 1.29 is 4.74 Å². The van der Waals surface area contributed by atoms with E-state index in [1.165, 1.54) is 11.3 Å². The maximum Gasteiger partial charge on any atom is 0.0642 e. The minimum Gasteiger partial charge on any atom is -0.378 e. The Kier molecular flexibility index (Phi) is 4.71. The standard InChI is InChI=1S/C15H23ClN2O/c1-15(2,3)17-11-12-13(16)5-4-6-14(12)18-7-9-19-10-8-18/h4-6,17H,7-11H2,1-3H3. The van der Waals surface area contributed by atoms with E-state index in [0.29, 0.717) is 0 Å². The molecule has 1 fully saturated rings. The number of nitrogens with zero attached hydrogens (tertiary/aromatic N) is 1. The van der Waals surface area contributed by atoms with Gasteiger partial charge in [-0.2, -0.15) is 0 Å². The summed E-state index contributed by atoms with van der Waals surface area (Å²) in [5.74, 6) is 0. The molecule has 0 spiro atoms. The second kappa shape index (κ2) is 6.12. The van der Waals surface area contributed by atoms with E-state index in [1.807, 2.05) is 12.1 Å². The normalized spacial score (nSPS) is 16.7. The number of anilines is 1. The second-order valence-electron chi connectivity index (χ2n) is 5.94. The molecule has 1 aliphatic rings. The van der Waals surface area contributed by atoms with Crippen molar-refractivity contribution in [3.63, 3.8) is 0 Å². The summed E-state index contributed by atoms with van der Waals surface area (Å²) in [6, 6.07) is 6.13. The number of ether oxygens (including phenoxy) is 1. The van der Waals surface area contributed by atoms with Crippen LogP contribution in [0.5, 0.6) is 0 Å². The molecule has 1 heterocycles. The van der Waals surface area contributed by atoms with E-state index in [4.69, 9.17) is 16.3 Å². The van der Waals surface area contributed by atoms with E-state index in [1.54, 1.807) is 0 Å². The van der Waals surface area contributed by atoms with Crippen molar-refractivity contribution in [2.45, 2.75) is 32.9 Å². The van der Waals surface area contributed by atoms with Crippen LogP contribution in [0, 0.1) is 0 Å². The SMILES string of the molecule is CC(C)(C)NCc1c(Cl)cccc1N1CCOCC1. The van der Waals surface area contributed by atoms with E-state index >= 15 is 0 Å². The van der Waals surface area contributed by atoms with Crippen LogP contribution < -0.4 is 10.2 Å². The molecule has 1 aliphatic heterocycles. The van der Waals surface area contributed by atoms with E-state index in [-0.39, 0.29) is 5.54 Å². The second-order valence-corrected chi connectivity index (χ2v) is 6.35. The molecular formula is C15H23ClN2O. The summed E-state index contributed by atoms with van der Waals surface area (Å²) in [6.07, 6.45) is 0. The summed E-state index contributed by atoms with van der Waals surface area (Å²) in [5, 5.41) is 4.35. The molecule has 2 rings (SSSR count). The Bertz CT molecular complexity index is 423. The maximum atomic E-state index is 6.38. The Labute approximate surface area is 120 Å². The molecule has 1 aromatic rings. The molecule has 0 aliphatic carbocycles. The van der Waals surface area contributed by atoms with Gasteiger partial charge in [0.15, 0.2) is 0 Å². The van der Waals surface area contributed by atoms with Gasteiger partial charge in [0.05, 0.1) is 13.2 Å². The number of benzene rings is 1. The average Bonchev–Trinajstić information content (AvgIpc) is 2.37. The number of halogens is 1. The number of morpholine rings is 1. The van der Waals surface area contributed by atoms with Crippen molar-refractivity contribution in [1.29, 1.82) is 0 Å². The van der Waals surface area contributed by atoms with Gasteiger partial charge < -0.3 is 15.0 Å². The predicted octanol–water partition coefficient (Wildman–Crippen LogP) is 3.06. The number of hydrogen-bond donors (Lipinski definition) is 1. The third-order valence-electron chi connectivity index (χ3n) is 3.24. The van der Waals surface area contributed by atoms with Gasteiger partial charge in [-0.15, -0.1) is 0 Å². The molecule has 0 bridgehead atoms. The molecule has 1 N–H and O–H groups in total. The minimum atomic E-state index is 0.0848. The van der Waals surface area contributed by atoms with Gasteiger partial charge in [0.1, 0.15) is 0 Å². The fourth-order valence-corrected chi connectivity index (χ4v) is 2.41. The van der Waals surface area contributed by atoms with Gasteiger partial charge in [0, 0.05) is 41.4 Å². The van der Waals surface area contributed by atoms with Gasteiger partial charge in [-0.05, 0) is 32.9 Å². The lowest BCUT2D eigenvalue weighted by molar-refractivity contribution is 0.122. The van der Waals surface area contributed by atoms with Crippen molar-refractivity contribution in [3.8, 4) is 0 Å². The minimum absolute atomic E-state index is 0.0848. The number of rotatable bonds is 3. The van der Waals surface area contributed by atoms with Crippen LogP contribution in [0.15, 0.2) is 18.2 Å². The molecule has 3 nitrogen and oxygen atoms in total. The molecule has 4 heteroatoms. The fourth-order valence-electron chi connectivity index (χ4n) is 2.18. The molecule has 0 atom stereocenters. The quantitative estimate of drug-likeness (QED) is 0.922. The summed E-state index contributed by atoms with van der Waals surface area (Å²) >= 11 is 6.38. The largest absolute Gasteiger partial charge is 0.378 e. The van der Waals surface area contributed by atoms with Gasteiger partial charge in [0.2, 0.25) is 0 Å². The van der Waals surface area contributed by atoms with Crippen LogP contribution in [0.1, 0.15) is 26.3 Å². The lowest BCUT2D eigenvalue weighted by atomic mass is 10.1. The van der Waals surface area contributed by atoms with Gasteiger partial charge in [-0.25, -0.2) is 0 Å². The van der Waals surface area contributed by atoms with E-state index in [2.05, 4.69) is 37.1 Å². The smallest absolute Gasteiger partial charge is 0.0642 e. The molecule has 0 radical (unpaired) electrons. The first-order valence-corrected chi connectivity index (χ1v) is 7.20. The molecule has 0 saturated carbocycles. The van der Waals surface area contributed by atoms with Gasteiger partial charge in [0.25, 0.3) is 0 Å². The van der Waals surface area contributed by atoms with Crippen molar-refractivity contribution in [1.82, 2.24) is 5.32 Å². The summed E-state index contributed by atoms with van der Waals surface area (Å²) in [4.78, 5) is 2.36. The zero-order chi connectivity index (χ0) is 13.9. The highest BCUT2D eigenvalue weighted by molar-refractivity contribution is 6.31. The van der Waals surface area contributed by atoms with Crippen molar-refractivity contribution in [2.24, 2.45) is 0 Å². The molecule has 0 amide bonds. The van der Waals surface area contributed by atoms with Crippen molar-refractivity contribution in [2.75, 3.05) is 31.2 Å². The van der Waals surface area contributed by atoms with Gasteiger partial charge in [-0.1, -0.05) is 17.7 Å². The molecular weight excluding hydrogens is 260 g/mol. The van der Waals surface area contributed by atoms with Gasteiger partial charge in [-0.3, -0.25) is 0 Å². The summed E-state index contributed by atoms with van der Waals surface area (Å²) in [7, 11) is 0. The highest BCUT2D eigenvalue weighted by atomic mass is 35.5. The first kappa shape index (κ1) is 14.6. The summed E-state index contributed by atoms with van der Waals surface area (Å²) in [5.41, 5.74) is 2.50. The lowest BCUT2D eigenvalue weighted by Gasteiger charge is -2.32. The first-order valence-electron chi connectivity index (χ1n) is 6.82. The van der Waals surface area contributed by atoms with Crippen molar-refractivity contribution in [3.05, 3.63) is 28.8 Å². The van der Waals surface area contributed by atoms with Crippen LogP contribution >= 0.6 is 11.6 Å². The third kappa shape index (κ3) is 4.10. The van der Waals surface area contributed by atoms with Crippen LogP contribution in [0.2, 0.25) is 5.02 Å². The van der Waals surface area contributed by atoms with Crippen LogP contribution in [0.25, 0.3) is 0 Å². The Hall–Kier alpha value is -0.770. The Morgan fingerprint density at radius 1 is 1.26 bits per heavy atom. The monoisotopic (exact) mass is 282 g/mol. The average molecular weight is 283 g/mol. The van der Waals surface area contributed by atoms with Crippen molar-refractivity contribution >= 4 is 17.3 Å². The summed E-state index contributed by atoms with van der Waals surface area (Å²) < 4.78 is 5.42. The zero-order valence-corrected chi connectivity index (χ0v) is 12.8. The molecule has 1 saturated heterocycles. The molecule has 0 unspecified atom stereocenters. The zero-order valence-electron chi connectivity index (χ0n) is 12.0. The van der Waals surface area contributed by atoms with Crippen LogP contribution in [-0.2, 0) is 11.3 Å². The molecule has 106 valence electrons. The first-order chi connectivity index (χ1) is 8.97. The number of nitrogens with one attached hydrogen (secondary N) is 1. The molecule has 0 aromatic heterocycles. The highest BCUT2D eigenvalue weighted by Gasteiger charge is 2.18. The highest BCUT2D eigenvalue weighted by Crippen LogP contribution is 2.28. The Balaban J connectivity index is 2.20. The topological polar surface area (TPSA) is 24.5 Å². The van der Waals surface area contributed by atoms with Crippen LogP contribution in [0.4, 0.5) is 5.69 Å². The lowest BCUT2D eigenvalue weighted by Crippen LogP contribution is -2.38. The molecule has 19 heavy (non-hydrogen) atoms. The van der Waals surface area contributed by atoms with Gasteiger partial charge >= 0.3 is 0 Å². The van der Waals surface area contributed by atoms with E-state index in [9.17, 15) is 0 Å². The maximum absolute atomic E-state index is 6.38. The van der Waals surface area contributed by atoms with E-state index in [0.717, 1.165) is 37.9 Å².